The van der Waals surface area contributed by atoms with Crippen molar-refractivity contribution < 1.29 is 32.2 Å². The number of urea groups is 1. The molecule has 0 unspecified atom stereocenters. The van der Waals surface area contributed by atoms with E-state index in [4.69, 9.17) is 9.47 Å². The lowest BCUT2D eigenvalue weighted by molar-refractivity contribution is -0.137. The molecule has 0 radical (unpaired) electrons. The molecule has 3 amide bonds. The number of alkyl halides is 3. The van der Waals surface area contributed by atoms with E-state index in [0.29, 0.717) is 11.5 Å². The second-order valence-corrected chi connectivity index (χ2v) is 5.18. The van der Waals surface area contributed by atoms with E-state index in [1.54, 1.807) is 6.07 Å². The molecule has 0 fully saturated rings. The fourth-order valence-electron chi connectivity index (χ4n) is 2.16. The first-order chi connectivity index (χ1) is 12.3. The van der Waals surface area contributed by atoms with Crippen LogP contribution in [0, 0.1) is 0 Å². The Morgan fingerprint density at radius 1 is 0.962 bits per heavy atom. The second-order valence-electron chi connectivity index (χ2n) is 5.18. The Morgan fingerprint density at radius 3 is 2.50 bits per heavy atom. The van der Waals surface area contributed by atoms with Gasteiger partial charge in [-0.3, -0.25) is 10.2 Å². The first-order valence-corrected chi connectivity index (χ1v) is 7.27. The van der Waals surface area contributed by atoms with Crippen LogP contribution in [0.4, 0.5) is 23.7 Å². The van der Waals surface area contributed by atoms with Crippen LogP contribution in [0.5, 0.6) is 11.5 Å². The fraction of sp³-hybridized carbons (Fsp3) is 0.125. The zero-order valence-corrected chi connectivity index (χ0v) is 13.0. The Labute approximate surface area is 145 Å². The minimum absolute atomic E-state index is 0.0536. The van der Waals surface area contributed by atoms with Gasteiger partial charge in [-0.2, -0.15) is 13.2 Å². The molecule has 0 bridgehead atoms. The van der Waals surface area contributed by atoms with Crippen molar-refractivity contribution in [1.82, 2.24) is 10.9 Å². The number of fused-ring (bicyclic) bond motifs is 1. The van der Waals surface area contributed by atoms with Crippen molar-refractivity contribution in [3.63, 3.8) is 0 Å². The standard InChI is InChI=1S/C16H12F3N3O4/c17-16(18,19)10-2-1-3-11(7-10)20-15(24)22-21-14(23)9-4-5-12-13(6-9)26-8-25-12/h1-7H,8H2,(H,21,23)(H2,20,22,24). The molecule has 0 aromatic heterocycles. The van der Waals surface area contributed by atoms with Gasteiger partial charge in [0, 0.05) is 11.3 Å². The fourth-order valence-corrected chi connectivity index (χ4v) is 2.16. The number of ether oxygens (including phenoxy) is 2. The van der Waals surface area contributed by atoms with Crippen molar-refractivity contribution in [3.8, 4) is 11.5 Å². The van der Waals surface area contributed by atoms with Crippen molar-refractivity contribution in [2.45, 2.75) is 6.18 Å². The Hall–Kier alpha value is -3.43. The first kappa shape index (κ1) is 17.4. The topological polar surface area (TPSA) is 88.7 Å². The average molecular weight is 367 g/mol. The van der Waals surface area contributed by atoms with Gasteiger partial charge in [0.2, 0.25) is 6.79 Å². The van der Waals surface area contributed by atoms with Gasteiger partial charge in [-0.15, -0.1) is 0 Å². The molecule has 0 spiro atoms. The molecule has 10 heteroatoms. The lowest BCUT2D eigenvalue weighted by Gasteiger charge is -2.11. The number of halogens is 3. The van der Waals surface area contributed by atoms with Crippen LogP contribution >= 0.6 is 0 Å². The Balaban J connectivity index is 1.56. The summed E-state index contributed by atoms with van der Waals surface area (Å²) in [7, 11) is 0. The summed E-state index contributed by atoms with van der Waals surface area (Å²) < 4.78 is 48.2. The van der Waals surface area contributed by atoms with Crippen LogP contribution in [-0.4, -0.2) is 18.7 Å². The molecule has 26 heavy (non-hydrogen) atoms. The van der Waals surface area contributed by atoms with E-state index >= 15 is 0 Å². The van der Waals surface area contributed by atoms with E-state index in [0.717, 1.165) is 18.2 Å². The predicted octanol–water partition coefficient (Wildman–Crippen LogP) is 2.90. The number of carbonyl (C=O) groups is 2. The average Bonchev–Trinajstić information content (AvgIpc) is 3.07. The van der Waals surface area contributed by atoms with Crippen LogP contribution in [-0.2, 0) is 6.18 Å². The molecular weight excluding hydrogens is 355 g/mol. The number of hydrogen-bond acceptors (Lipinski definition) is 4. The largest absolute Gasteiger partial charge is 0.454 e. The number of amides is 3. The molecule has 1 heterocycles. The summed E-state index contributed by atoms with van der Waals surface area (Å²) in [5.41, 5.74) is 3.41. The third-order valence-corrected chi connectivity index (χ3v) is 3.37. The summed E-state index contributed by atoms with van der Waals surface area (Å²) in [4.78, 5) is 23.7. The van der Waals surface area contributed by atoms with Crippen LogP contribution < -0.4 is 25.6 Å². The predicted molar refractivity (Wildman–Crippen MR) is 83.6 cm³/mol. The Bertz CT molecular complexity index is 855. The van der Waals surface area contributed by atoms with Gasteiger partial charge in [0.15, 0.2) is 11.5 Å². The smallest absolute Gasteiger partial charge is 0.416 e. The third-order valence-electron chi connectivity index (χ3n) is 3.37. The summed E-state index contributed by atoms with van der Waals surface area (Å²) >= 11 is 0. The van der Waals surface area contributed by atoms with Crippen molar-refractivity contribution in [1.29, 1.82) is 0 Å². The van der Waals surface area contributed by atoms with Crippen molar-refractivity contribution >= 4 is 17.6 Å². The maximum atomic E-state index is 12.6. The van der Waals surface area contributed by atoms with Gasteiger partial charge in [0.05, 0.1) is 5.56 Å². The third kappa shape index (κ3) is 3.97. The van der Waals surface area contributed by atoms with Gasteiger partial charge in [-0.05, 0) is 36.4 Å². The highest BCUT2D eigenvalue weighted by molar-refractivity contribution is 5.97. The van der Waals surface area contributed by atoms with Gasteiger partial charge < -0.3 is 14.8 Å². The maximum Gasteiger partial charge on any atom is 0.416 e. The molecule has 2 aromatic rings. The van der Waals surface area contributed by atoms with Crippen LogP contribution in [0.2, 0.25) is 0 Å². The molecule has 0 atom stereocenters. The summed E-state index contributed by atoms with van der Waals surface area (Å²) in [5.74, 6) is 0.255. The van der Waals surface area contributed by atoms with Gasteiger partial charge >= 0.3 is 12.2 Å². The maximum absolute atomic E-state index is 12.6. The molecule has 3 N–H and O–H groups in total. The quantitative estimate of drug-likeness (QED) is 0.712. The second kappa shape index (κ2) is 6.82. The highest BCUT2D eigenvalue weighted by atomic mass is 19.4. The van der Waals surface area contributed by atoms with Crippen LogP contribution in [0.3, 0.4) is 0 Å². The summed E-state index contributed by atoms with van der Waals surface area (Å²) in [6.45, 7) is 0.0536. The summed E-state index contributed by atoms with van der Waals surface area (Å²) in [5, 5.41) is 2.19. The van der Waals surface area contributed by atoms with Gasteiger partial charge in [0.1, 0.15) is 0 Å². The number of benzene rings is 2. The summed E-state index contributed by atoms with van der Waals surface area (Å²) in [6.07, 6.45) is -4.53. The SMILES string of the molecule is O=C(NNC(=O)c1ccc2c(c1)OCO2)Nc1cccc(C(F)(F)F)c1. The Morgan fingerprint density at radius 2 is 1.73 bits per heavy atom. The minimum atomic E-state index is -4.53. The van der Waals surface area contributed by atoms with E-state index < -0.39 is 23.7 Å². The van der Waals surface area contributed by atoms with Crippen LogP contribution in [0.25, 0.3) is 0 Å². The van der Waals surface area contributed by atoms with Gasteiger partial charge in [-0.1, -0.05) is 6.07 Å². The Kier molecular flexibility index (Phi) is 4.57. The zero-order valence-electron chi connectivity index (χ0n) is 13.0. The van der Waals surface area contributed by atoms with Crippen molar-refractivity contribution in [3.05, 3.63) is 53.6 Å². The molecule has 1 aliphatic rings. The number of carbonyl (C=O) groups excluding carboxylic acids is 2. The van der Waals surface area contributed by atoms with Crippen molar-refractivity contribution in [2.75, 3.05) is 12.1 Å². The highest BCUT2D eigenvalue weighted by Crippen LogP contribution is 2.32. The zero-order chi connectivity index (χ0) is 18.7. The normalized spacial score (nSPS) is 12.4. The van der Waals surface area contributed by atoms with Gasteiger partial charge in [0.25, 0.3) is 5.91 Å². The molecule has 0 saturated carbocycles. The number of hydrogen-bond donors (Lipinski definition) is 3. The highest BCUT2D eigenvalue weighted by Gasteiger charge is 2.30. The molecular formula is C16H12F3N3O4. The monoisotopic (exact) mass is 367 g/mol. The molecule has 0 aliphatic carbocycles. The summed E-state index contributed by atoms with van der Waals surface area (Å²) in [6, 6.07) is 7.64. The molecule has 7 nitrogen and oxygen atoms in total. The number of anilines is 1. The molecule has 3 rings (SSSR count). The molecule has 136 valence electrons. The van der Waals surface area contributed by atoms with Crippen molar-refractivity contribution in [2.24, 2.45) is 0 Å². The minimum Gasteiger partial charge on any atom is -0.454 e. The number of hydrazine groups is 1. The van der Waals surface area contributed by atoms with Gasteiger partial charge in [-0.25, -0.2) is 10.2 Å². The molecule has 1 aliphatic heterocycles. The number of nitrogens with one attached hydrogen (secondary N) is 3. The van der Waals surface area contributed by atoms with E-state index in [2.05, 4.69) is 16.2 Å². The van der Waals surface area contributed by atoms with E-state index in [9.17, 15) is 22.8 Å². The van der Waals surface area contributed by atoms with Crippen LogP contribution in [0.15, 0.2) is 42.5 Å². The van der Waals surface area contributed by atoms with E-state index in [-0.39, 0.29) is 18.0 Å². The lowest BCUT2D eigenvalue weighted by Crippen LogP contribution is -2.43. The van der Waals surface area contributed by atoms with E-state index in [1.807, 2.05) is 0 Å². The number of rotatable bonds is 2. The lowest BCUT2D eigenvalue weighted by atomic mass is 10.2. The molecule has 2 aromatic carbocycles. The van der Waals surface area contributed by atoms with Crippen LogP contribution in [0.1, 0.15) is 15.9 Å². The molecule has 0 saturated heterocycles. The van der Waals surface area contributed by atoms with E-state index in [1.165, 1.54) is 18.2 Å². The first-order valence-electron chi connectivity index (χ1n) is 7.27.